The number of pyridine rings is 1. The number of alkyl halides is 3. The lowest BCUT2D eigenvalue weighted by Crippen LogP contribution is -2.42. The van der Waals surface area contributed by atoms with Crippen molar-refractivity contribution in [2.24, 2.45) is 5.92 Å². The highest BCUT2D eigenvalue weighted by molar-refractivity contribution is 5.92. The maximum Gasteiger partial charge on any atom is 0.417 e. The van der Waals surface area contributed by atoms with Crippen LogP contribution in [0.15, 0.2) is 24.5 Å². The zero-order valence-electron chi connectivity index (χ0n) is 17.4. The second-order valence-corrected chi connectivity index (χ2v) is 7.21. The Morgan fingerprint density at radius 1 is 1.16 bits per heavy atom. The molecule has 9 nitrogen and oxygen atoms in total. The van der Waals surface area contributed by atoms with Gasteiger partial charge in [-0.05, 0) is 31.9 Å². The number of hydrogen-bond acceptors (Lipinski definition) is 7. The number of nitrogens with zero attached hydrogens (tertiary/aromatic N) is 4. The van der Waals surface area contributed by atoms with Gasteiger partial charge in [-0.3, -0.25) is 9.59 Å². The van der Waals surface area contributed by atoms with Crippen LogP contribution in [0.1, 0.15) is 34.5 Å². The van der Waals surface area contributed by atoms with E-state index in [4.69, 9.17) is 9.47 Å². The molecular weight excluding hydrogens is 433 g/mol. The third kappa shape index (κ3) is 5.06. The maximum absolute atomic E-state index is 12.7. The number of carbonyl (C=O) groups is 3. The number of likely N-dealkylation sites (tertiary alicyclic amines) is 1. The Labute approximate surface area is 181 Å². The molecule has 32 heavy (non-hydrogen) atoms. The first-order valence-electron chi connectivity index (χ1n) is 9.72. The van der Waals surface area contributed by atoms with Crippen LogP contribution in [0.2, 0.25) is 0 Å². The van der Waals surface area contributed by atoms with E-state index in [0.29, 0.717) is 37.8 Å². The first-order valence-corrected chi connectivity index (χ1v) is 9.72. The Hall–Kier alpha value is -3.44. The van der Waals surface area contributed by atoms with Crippen molar-refractivity contribution < 1.29 is 37.0 Å². The number of piperidine rings is 1. The summed E-state index contributed by atoms with van der Waals surface area (Å²) in [6.45, 7) is 1.76. The minimum Gasteiger partial charge on any atom is -0.469 e. The molecule has 0 unspecified atom stereocenters. The van der Waals surface area contributed by atoms with Crippen molar-refractivity contribution in [3.63, 3.8) is 0 Å². The highest BCUT2D eigenvalue weighted by Crippen LogP contribution is 2.29. The lowest BCUT2D eigenvalue weighted by Gasteiger charge is -2.30. The van der Waals surface area contributed by atoms with Gasteiger partial charge in [0.15, 0.2) is 12.4 Å². The molecule has 1 aliphatic heterocycles. The number of amides is 1. The van der Waals surface area contributed by atoms with Gasteiger partial charge in [0, 0.05) is 19.3 Å². The molecule has 0 aliphatic carbocycles. The van der Waals surface area contributed by atoms with E-state index in [1.807, 2.05) is 0 Å². The van der Waals surface area contributed by atoms with E-state index in [1.54, 1.807) is 0 Å². The van der Waals surface area contributed by atoms with E-state index in [1.165, 1.54) is 29.8 Å². The molecule has 0 saturated carbocycles. The van der Waals surface area contributed by atoms with Crippen molar-refractivity contribution in [2.45, 2.75) is 25.9 Å². The van der Waals surface area contributed by atoms with Gasteiger partial charge in [0.1, 0.15) is 5.56 Å². The minimum absolute atomic E-state index is 0.0592. The first-order chi connectivity index (χ1) is 15.1. The largest absolute Gasteiger partial charge is 0.469 e. The second kappa shape index (κ2) is 9.37. The van der Waals surface area contributed by atoms with Crippen LogP contribution in [0.5, 0.6) is 0 Å². The molecule has 2 aromatic rings. The third-order valence-corrected chi connectivity index (χ3v) is 5.23. The van der Waals surface area contributed by atoms with Gasteiger partial charge in [0.25, 0.3) is 5.91 Å². The van der Waals surface area contributed by atoms with Crippen molar-refractivity contribution in [1.29, 1.82) is 0 Å². The molecule has 0 aromatic carbocycles. The van der Waals surface area contributed by atoms with Crippen molar-refractivity contribution in [1.82, 2.24) is 19.7 Å². The molecular formula is C20H21F3N4O5. The standard InChI is InChI=1S/C20H21F3N4O5/c1-12-15(10-25-27(12)16-4-3-14(9-24-16)20(21,22)23)19(30)32-11-17(28)26-7-5-13(6-8-26)18(29)31-2/h3-4,9-10,13H,5-8,11H2,1-2H3. The van der Waals surface area contributed by atoms with Crippen LogP contribution < -0.4 is 0 Å². The molecule has 1 aliphatic rings. The molecule has 0 atom stereocenters. The van der Waals surface area contributed by atoms with Crippen molar-refractivity contribution in [2.75, 3.05) is 26.8 Å². The van der Waals surface area contributed by atoms with Gasteiger partial charge in [-0.1, -0.05) is 0 Å². The number of hydrogen-bond donors (Lipinski definition) is 0. The molecule has 0 radical (unpaired) electrons. The molecule has 0 spiro atoms. The molecule has 12 heteroatoms. The van der Waals surface area contributed by atoms with Crippen molar-refractivity contribution >= 4 is 17.8 Å². The fraction of sp³-hybridized carbons (Fsp3) is 0.450. The van der Waals surface area contributed by atoms with Crippen molar-refractivity contribution in [3.05, 3.63) is 41.3 Å². The van der Waals surface area contributed by atoms with Gasteiger partial charge in [-0.25, -0.2) is 14.5 Å². The number of methoxy groups -OCH3 is 1. The van der Waals surface area contributed by atoms with Crippen LogP contribution in [0, 0.1) is 12.8 Å². The summed E-state index contributed by atoms with van der Waals surface area (Å²) in [7, 11) is 1.32. The third-order valence-electron chi connectivity index (χ3n) is 5.23. The minimum atomic E-state index is -4.51. The van der Waals surface area contributed by atoms with Gasteiger partial charge in [0.05, 0.1) is 30.5 Å². The highest BCUT2D eigenvalue weighted by atomic mass is 19.4. The summed E-state index contributed by atoms with van der Waals surface area (Å²) in [5, 5.41) is 3.98. The summed E-state index contributed by atoms with van der Waals surface area (Å²) in [4.78, 5) is 41.5. The SMILES string of the molecule is COC(=O)C1CCN(C(=O)COC(=O)c2cnn(-c3ccc(C(F)(F)F)cn3)c2C)CC1. The van der Waals surface area contributed by atoms with Gasteiger partial charge in [0.2, 0.25) is 0 Å². The van der Waals surface area contributed by atoms with E-state index in [0.717, 1.165) is 12.1 Å². The molecule has 0 N–H and O–H groups in total. The van der Waals surface area contributed by atoms with E-state index >= 15 is 0 Å². The number of esters is 2. The van der Waals surface area contributed by atoms with Gasteiger partial charge in [-0.15, -0.1) is 0 Å². The zero-order chi connectivity index (χ0) is 23.5. The Morgan fingerprint density at radius 2 is 1.84 bits per heavy atom. The zero-order valence-corrected chi connectivity index (χ0v) is 17.4. The van der Waals surface area contributed by atoms with Crippen molar-refractivity contribution in [3.8, 4) is 5.82 Å². The molecule has 3 heterocycles. The number of aromatic nitrogens is 3. The lowest BCUT2D eigenvalue weighted by molar-refractivity contribution is -0.149. The van der Waals surface area contributed by atoms with E-state index in [-0.39, 0.29) is 23.3 Å². The Kier molecular flexibility index (Phi) is 6.80. The number of ether oxygens (including phenoxy) is 2. The quantitative estimate of drug-likeness (QED) is 0.638. The highest BCUT2D eigenvalue weighted by Gasteiger charge is 2.31. The molecule has 0 bridgehead atoms. The summed E-state index contributed by atoms with van der Waals surface area (Å²) in [6.07, 6.45) is -1.70. The molecule has 1 saturated heterocycles. The summed E-state index contributed by atoms with van der Waals surface area (Å²) in [6, 6.07) is 2.00. The van der Waals surface area contributed by atoms with Crippen LogP contribution in [0.3, 0.4) is 0 Å². The summed E-state index contributed by atoms with van der Waals surface area (Å²) >= 11 is 0. The molecule has 172 valence electrons. The van der Waals surface area contributed by atoms with E-state index in [2.05, 4.69) is 10.1 Å². The van der Waals surface area contributed by atoms with Crippen LogP contribution >= 0.6 is 0 Å². The number of halogens is 3. The lowest BCUT2D eigenvalue weighted by atomic mass is 9.97. The van der Waals surface area contributed by atoms with Gasteiger partial charge < -0.3 is 14.4 Å². The topological polar surface area (TPSA) is 104 Å². The molecule has 3 rings (SSSR count). The average Bonchev–Trinajstić information content (AvgIpc) is 3.17. The smallest absolute Gasteiger partial charge is 0.417 e. The van der Waals surface area contributed by atoms with E-state index < -0.39 is 30.2 Å². The summed E-state index contributed by atoms with van der Waals surface area (Å²) < 4.78 is 49.1. The van der Waals surface area contributed by atoms with Crippen LogP contribution in [-0.2, 0) is 25.2 Å². The fourth-order valence-electron chi connectivity index (χ4n) is 3.35. The second-order valence-electron chi connectivity index (χ2n) is 7.21. The molecule has 1 fully saturated rings. The van der Waals surface area contributed by atoms with Crippen LogP contribution in [0.4, 0.5) is 13.2 Å². The van der Waals surface area contributed by atoms with E-state index in [9.17, 15) is 27.6 Å². The number of rotatable bonds is 5. The summed E-state index contributed by atoms with van der Waals surface area (Å²) in [5.74, 6) is -1.65. The summed E-state index contributed by atoms with van der Waals surface area (Å²) in [5.41, 5.74) is -0.544. The molecule has 2 aromatic heterocycles. The van der Waals surface area contributed by atoms with Crippen LogP contribution in [-0.4, -0.2) is 64.3 Å². The van der Waals surface area contributed by atoms with Gasteiger partial charge >= 0.3 is 18.1 Å². The Bertz CT molecular complexity index is 996. The fourth-order valence-corrected chi connectivity index (χ4v) is 3.35. The average molecular weight is 454 g/mol. The monoisotopic (exact) mass is 454 g/mol. The Morgan fingerprint density at radius 3 is 2.41 bits per heavy atom. The number of carbonyl (C=O) groups excluding carboxylic acids is 3. The van der Waals surface area contributed by atoms with Crippen LogP contribution in [0.25, 0.3) is 5.82 Å². The maximum atomic E-state index is 12.7. The predicted molar refractivity (Wildman–Crippen MR) is 103 cm³/mol. The Balaban J connectivity index is 1.58. The normalized spacial score (nSPS) is 14.8. The molecule has 1 amide bonds. The first kappa shape index (κ1) is 23.2. The predicted octanol–water partition coefficient (Wildman–Crippen LogP) is 2.16. The van der Waals surface area contributed by atoms with Gasteiger partial charge in [-0.2, -0.15) is 18.3 Å².